The molecule has 1 aromatic carbocycles. The van der Waals surface area contributed by atoms with Crippen molar-refractivity contribution in [1.82, 2.24) is 0 Å². The van der Waals surface area contributed by atoms with Gasteiger partial charge in [0.1, 0.15) is 0 Å². The fourth-order valence-electron chi connectivity index (χ4n) is 2.20. The van der Waals surface area contributed by atoms with Crippen molar-refractivity contribution >= 4 is 33.0 Å². The molecule has 1 fully saturated rings. The van der Waals surface area contributed by atoms with Crippen LogP contribution < -0.4 is 0 Å². The zero-order chi connectivity index (χ0) is 10.4. The molecule has 0 radical (unpaired) electrons. The minimum atomic E-state index is 0.219. The fourth-order valence-corrected chi connectivity index (χ4v) is 3.81. The molecule has 1 aromatic heterocycles. The van der Waals surface area contributed by atoms with Crippen LogP contribution in [0, 0.1) is 11.8 Å². The molecule has 3 rings (SSSR count). The lowest BCUT2D eigenvalue weighted by atomic mass is 10.1. The first kappa shape index (κ1) is 9.68. The topological polar surface area (TPSA) is 0 Å². The number of alkyl halides is 1. The van der Waals surface area contributed by atoms with E-state index in [2.05, 4.69) is 36.6 Å². The van der Waals surface area contributed by atoms with Crippen LogP contribution in [0.4, 0.5) is 0 Å². The van der Waals surface area contributed by atoms with Crippen molar-refractivity contribution in [3.05, 3.63) is 35.2 Å². The summed E-state index contributed by atoms with van der Waals surface area (Å²) in [4.78, 5) is 0. The van der Waals surface area contributed by atoms with E-state index in [0.717, 1.165) is 5.92 Å². The first-order valence-corrected chi connectivity index (χ1v) is 6.69. The molecule has 0 aliphatic heterocycles. The molecule has 1 heterocycles. The van der Waals surface area contributed by atoms with E-state index in [0.29, 0.717) is 5.92 Å². The monoisotopic (exact) mass is 236 g/mol. The van der Waals surface area contributed by atoms with Crippen molar-refractivity contribution in [3.63, 3.8) is 0 Å². The average Bonchev–Trinajstić information content (AvgIpc) is 2.83. The Bertz CT molecular complexity index is 488. The summed E-state index contributed by atoms with van der Waals surface area (Å²) in [6.45, 7) is 2.29. The molecule has 3 atom stereocenters. The summed E-state index contributed by atoms with van der Waals surface area (Å²) in [5.41, 5.74) is 1.34. The second kappa shape index (κ2) is 3.50. The summed E-state index contributed by atoms with van der Waals surface area (Å²) in [5, 5.41) is 3.80. The van der Waals surface area contributed by atoms with Gasteiger partial charge < -0.3 is 0 Å². The minimum Gasteiger partial charge on any atom is -0.143 e. The van der Waals surface area contributed by atoms with Crippen LogP contribution in [-0.2, 0) is 0 Å². The largest absolute Gasteiger partial charge is 0.143 e. The van der Waals surface area contributed by atoms with E-state index in [1.54, 1.807) is 11.3 Å². The van der Waals surface area contributed by atoms with Gasteiger partial charge in [0.25, 0.3) is 0 Å². The molecule has 2 aromatic rings. The molecule has 78 valence electrons. The summed E-state index contributed by atoms with van der Waals surface area (Å²) in [6.07, 6.45) is 1.29. The maximum atomic E-state index is 6.53. The van der Waals surface area contributed by atoms with Gasteiger partial charge >= 0.3 is 0 Å². The SMILES string of the molecule is CC1CC1C(Cl)c1csc2ccccc12. The molecule has 2 heteroatoms. The third-order valence-electron chi connectivity index (χ3n) is 3.36. The average molecular weight is 237 g/mol. The number of hydrogen-bond acceptors (Lipinski definition) is 1. The Balaban J connectivity index is 2.03. The van der Waals surface area contributed by atoms with Gasteiger partial charge in [-0.1, -0.05) is 25.1 Å². The van der Waals surface area contributed by atoms with Gasteiger partial charge in [0, 0.05) is 4.70 Å². The molecule has 0 saturated heterocycles. The maximum absolute atomic E-state index is 6.53. The van der Waals surface area contributed by atoms with Gasteiger partial charge in [-0.15, -0.1) is 22.9 Å². The molecular weight excluding hydrogens is 224 g/mol. The number of rotatable bonds is 2. The predicted octanol–water partition coefficient (Wildman–Crippen LogP) is 4.84. The first-order chi connectivity index (χ1) is 7.27. The van der Waals surface area contributed by atoms with Crippen molar-refractivity contribution in [2.45, 2.75) is 18.7 Å². The molecule has 1 aliphatic carbocycles. The van der Waals surface area contributed by atoms with Gasteiger partial charge in [0.15, 0.2) is 0 Å². The van der Waals surface area contributed by atoms with Gasteiger partial charge in [-0.25, -0.2) is 0 Å². The van der Waals surface area contributed by atoms with E-state index in [4.69, 9.17) is 11.6 Å². The molecule has 3 unspecified atom stereocenters. The molecular formula is C13H13ClS. The predicted molar refractivity (Wildman–Crippen MR) is 67.7 cm³/mol. The quantitative estimate of drug-likeness (QED) is 0.655. The zero-order valence-corrected chi connectivity index (χ0v) is 10.2. The maximum Gasteiger partial charge on any atom is 0.0630 e. The van der Waals surface area contributed by atoms with Crippen molar-refractivity contribution in [2.24, 2.45) is 11.8 Å². The molecule has 1 saturated carbocycles. The molecule has 1 aliphatic rings. The smallest absolute Gasteiger partial charge is 0.0630 e. The summed E-state index contributed by atoms with van der Waals surface area (Å²) >= 11 is 8.33. The molecule has 0 amide bonds. The number of hydrogen-bond donors (Lipinski definition) is 0. The van der Waals surface area contributed by atoms with Crippen LogP contribution in [0.1, 0.15) is 24.3 Å². The van der Waals surface area contributed by atoms with Crippen LogP contribution in [0.3, 0.4) is 0 Å². The Morgan fingerprint density at radius 3 is 2.87 bits per heavy atom. The number of halogens is 1. The Morgan fingerprint density at radius 1 is 1.40 bits per heavy atom. The summed E-state index contributed by atoms with van der Waals surface area (Å²) in [5.74, 6) is 1.51. The van der Waals surface area contributed by atoms with Gasteiger partial charge in [0.2, 0.25) is 0 Å². The lowest BCUT2D eigenvalue weighted by Crippen LogP contribution is -1.92. The van der Waals surface area contributed by atoms with Crippen LogP contribution in [0.25, 0.3) is 10.1 Å². The Labute approximate surface area is 98.9 Å². The second-order valence-electron chi connectivity index (χ2n) is 4.47. The number of benzene rings is 1. The van der Waals surface area contributed by atoms with E-state index in [9.17, 15) is 0 Å². The molecule has 0 spiro atoms. The highest BCUT2D eigenvalue weighted by Crippen LogP contribution is 2.52. The van der Waals surface area contributed by atoms with Crippen LogP contribution in [0.5, 0.6) is 0 Å². The molecule has 15 heavy (non-hydrogen) atoms. The standard InChI is InChI=1S/C13H13ClS/c1-8-6-10(8)13(14)11-7-15-12-5-3-2-4-9(11)12/h2-5,7-8,10,13H,6H2,1H3. The van der Waals surface area contributed by atoms with Gasteiger partial charge in [-0.05, 0) is 40.7 Å². The van der Waals surface area contributed by atoms with Crippen LogP contribution in [0.15, 0.2) is 29.6 Å². The van der Waals surface area contributed by atoms with Gasteiger partial charge in [0.05, 0.1) is 5.38 Å². The molecule has 0 nitrogen and oxygen atoms in total. The third kappa shape index (κ3) is 1.58. The highest BCUT2D eigenvalue weighted by Gasteiger charge is 2.39. The van der Waals surface area contributed by atoms with Crippen molar-refractivity contribution in [2.75, 3.05) is 0 Å². The normalized spacial score (nSPS) is 26.8. The van der Waals surface area contributed by atoms with E-state index in [-0.39, 0.29) is 5.38 Å². The lowest BCUT2D eigenvalue weighted by Gasteiger charge is -2.06. The van der Waals surface area contributed by atoms with Crippen LogP contribution >= 0.6 is 22.9 Å². The van der Waals surface area contributed by atoms with Gasteiger partial charge in [-0.2, -0.15) is 0 Å². The number of fused-ring (bicyclic) bond motifs is 1. The first-order valence-electron chi connectivity index (χ1n) is 5.37. The summed E-state index contributed by atoms with van der Waals surface area (Å²) in [6, 6.07) is 8.54. The van der Waals surface area contributed by atoms with Crippen LogP contribution in [0.2, 0.25) is 0 Å². The molecule has 0 bridgehead atoms. The minimum absolute atomic E-state index is 0.219. The highest BCUT2D eigenvalue weighted by molar-refractivity contribution is 7.17. The Hall–Kier alpha value is -0.530. The van der Waals surface area contributed by atoms with E-state index in [1.807, 2.05) is 0 Å². The summed E-state index contributed by atoms with van der Waals surface area (Å²) in [7, 11) is 0. The number of thiophene rings is 1. The van der Waals surface area contributed by atoms with Crippen LogP contribution in [-0.4, -0.2) is 0 Å². The Morgan fingerprint density at radius 2 is 2.13 bits per heavy atom. The van der Waals surface area contributed by atoms with E-state index < -0.39 is 0 Å². The molecule has 0 N–H and O–H groups in total. The lowest BCUT2D eigenvalue weighted by molar-refractivity contribution is 0.727. The van der Waals surface area contributed by atoms with Crippen molar-refractivity contribution < 1.29 is 0 Å². The van der Waals surface area contributed by atoms with E-state index >= 15 is 0 Å². The second-order valence-corrected chi connectivity index (χ2v) is 5.85. The Kier molecular flexibility index (Phi) is 2.26. The van der Waals surface area contributed by atoms with E-state index in [1.165, 1.54) is 22.1 Å². The van der Waals surface area contributed by atoms with Gasteiger partial charge in [-0.3, -0.25) is 0 Å². The van der Waals surface area contributed by atoms with Crippen molar-refractivity contribution in [1.29, 1.82) is 0 Å². The van der Waals surface area contributed by atoms with Crippen molar-refractivity contribution in [3.8, 4) is 0 Å². The highest BCUT2D eigenvalue weighted by atomic mass is 35.5. The zero-order valence-electron chi connectivity index (χ0n) is 8.61. The summed E-state index contributed by atoms with van der Waals surface area (Å²) < 4.78 is 1.35. The third-order valence-corrected chi connectivity index (χ3v) is 4.90. The fraction of sp³-hybridized carbons (Fsp3) is 0.385.